The summed E-state index contributed by atoms with van der Waals surface area (Å²) in [5.74, 6) is 1.41. The van der Waals surface area contributed by atoms with Crippen molar-refractivity contribution in [3.05, 3.63) is 57.6 Å². The van der Waals surface area contributed by atoms with E-state index in [9.17, 15) is 0 Å². The highest BCUT2D eigenvalue weighted by Gasteiger charge is 2.08. The number of benzene rings is 2. The standard InChI is InChI=1S/C16H17BrN2O2/c1-10-7-12(17)4-6-14(10)21-9-11-3-5-13(16(18)19)15(8-11)20-2/h3-8H,9H2,1-2H3,(H3,18,19). The van der Waals surface area contributed by atoms with E-state index in [0.717, 1.165) is 21.3 Å². The molecule has 0 radical (unpaired) electrons. The molecule has 0 atom stereocenters. The smallest absolute Gasteiger partial charge is 0.130 e. The Morgan fingerprint density at radius 2 is 1.95 bits per heavy atom. The summed E-state index contributed by atoms with van der Waals surface area (Å²) >= 11 is 3.43. The molecule has 0 fully saturated rings. The van der Waals surface area contributed by atoms with Crippen molar-refractivity contribution < 1.29 is 9.47 Å². The van der Waals surface area contributed by atoms with Crippen LogP contribution in [0.3, 0.4) is 0 Å². The van der Waals surface area contributed by atoms with Gasteiger partial charge >= 0.3 is 0 Å². The Kier molecular flexibility index (Phi) is 4.85. The summed E-state index contributed by atoms with van der Waals surface area (Å²) in [6.45, 7) is 2.43. The average Bonchev–Trinajstić information content (AvgIpc) is 2.45. The van der Waals surface area contributed by atoms with E-state index >= 15 is 0 Å². The van der Waals surface area contributed by atoms with Crippen molar-refractivity contribution in [2.45, 2.75) is 13.5 Å². The molecule has 2 rings (SSSR count). The van der Waals surface area contributed by atoms with E-state index < -0.39 is 0 Å². The summed E-state index contributed by atoms with van der Waals surface area (Å²) in [5.41, 5.74) is 8.12. The maximum atomic E-state index is 7.50. The first-order valence-electron chi connectivity index (χ1n) is 6.41. The lowest BCUT2D eigenvalue weighted by molar-refractivity contribution is 0.303. The third-order valence-corrected chi connectivity index (χ3v) is 3.58. The largest absolute Gasteiger partial charge is 0.496 e. The summed E-state index contributed by atoms with van der Waals surface area (Å²) in [5, 5.41) is 7.50. The first-order valence-corrected chi connectivity index (χ1v) is 7.21. The number of methoxy groups -OCH3 is 1. The quantitative estimate of drug-likeness (QED) is 0.640. The number of hydrogen-bond acceptors (Lipinski definition) is 3. The topological polar surface area (TPSA) is 68.3 Å². The zero-order valence-electron chi connectivity index (χ0n) is 11.9. The number of hydrogen-bond donors (Lipinski definition) is 2. The molecule has 21 heavy (non-hydrogen) atoms. The summed E-state index contributed by atoms with van der Waals surface area (Å²) in [4.78, 5) is 0. The molecule has 110 valence electrons. The van der Waals surface area contributed by atoms with Gasteiger partial charge in [0.1, 0.15) is 23.9 Å². The van der Waals surface area contributed by atoms with Crippen molar-refractivity contribution in [1.82, 2.24) is 0 Å². The van der Waals surface area contributed by atoms with Gasteiger partial charge in [0.15, 0.2) is 0 Å². The molecule has 0 aliphatic rings. The average molecular weight is 349 g/mol. The van der Waals surface area contributed by atoms with Gasteiger partial charge in [0.2, 0.25) is 0 Å². The van der Waals surface area contributed by atoms with Gasteiger partial charge in [-0.1, -0.05) is 22.0 Å². The minimum atomic E-state index is -0.0110. The normalized spacial score (nSPS) is 10.2. The first-order chi connectivity index (χ1) is 10.0. The number of amidine groups is 1. The Bertz CT molecular complexity index is 671. The minimum absolute atomic E-state index is 0.0110. The lowest BCUT2D eigenvalue weighted by Gasteiger charge is -2.12. The summed E-state index contributed by atoms with van der Waals surface area (Å²) < 4.78 is 12.1. The van der Waals surface area contributed by atoms with Crippen LogP contribution in [0.2, 0.25) is 0 Å². The van der Waals surface area contributed by atoms with Crippen LogP contribution in [0.15, 0.2) is 40.9 Å². The van der Waals surface area contributed by atoms with Gasteiger partial charge in [-0.05, 0) is 48.4 Å². The highest BCUT2D eigenvalue weighted by molar-refractivity contribution is 9.10. The molecule has 0 spiro atoms. The molecule has 0 aliphatic heterocycles. The molecule has 0 unspecified atom stereocenters. The molecular formula is C16H17BrN2O2. The van der Waals surface area contributed by atoms with Crippen LogP contribution in [0.5, 0.6) is 11.5 Å². The van der Waals surface area contributed by atoms with Crippen LogP contribution in [0.25, 0.3) is 0 Å². The number of rotatable bonds is 5. The Morgan fingerprint density at radius 1 is 1.19 bits per heavy atom. The molecule has 0 saturated heterocycles. The maximum absolute atomic E-state index is 7.50. The molecule has 4 nitrogen and oxygen atoms in total. The second-order valence-corrected chi connectivity index (χ2v) is 5.56. The monoisotopic (exact) mass is 348 g/mol. The van der Waals surface area contributed by atoms with Gasteiger partial charge in [-0.15, -0.1) is 0 Å². The van der Waals surface area contributed by atoms with E-state index in [2.05, 4.69) is 15.9 Å². The van der Waals surface area contributed by atoms with Gasteiger partial charge in [0.25, 0.3) is 0 Å². The van der Waals surface area contributed by atoms with Crippen LogP contribution in [0.1, 0.15) is 16.7 Å². The van der Waals surface area contributed by atoms with Crippen molar-refractivity contribution in [1.29, 1.82) is 5.41 Å². The molecule has 2 aromatic rings. The van der Waals surface area contributed by atoms with Crippen LogP contribution in [-0.4, -0.2) is 12.9 Å². The van der Waals surface area contributed by atoms with Crippen molar-refractivity contribution in [2.24, 2.45) is 5.73 Å². The molecule has 0 heterocycles. The number of aryl methyl sites for hydroxylation is 1. The van der Waals surface area contributed by atoms with Gasteiger partial charge in [-0.3, -0.25) is 5.41 Å². The molecular weight excluding hydrogens is 332 g/mol. The van der Waals surface area contributed by atoms with E-state index in [0.29, 0.717) is 17.9 Å². The fourth-order valence-electron chi connectivity index (χ4n) is 1.98. The molecule has 0 aromatic heterocycles. The van der Waals surface area contributed by atoms with Crippen molar-refractivity contribution in [2.75, 3.05) is 7.11 Å². The fourth-order valence-corrected chi connectivity index (χ4v) is 2.46. The number of halogens is 1. The van der Waals surface area contributed by atoms with Crippen LogP contribution < -0.4 is 15.2 Å². The summed E-state index contributed by atoms with van der Waals surface area (Å²) in [6.07, 6.45) is 0. The molecule has 5 heteroatoms. The van der Waals surface area contributed by atoms with Gasteiger partial charge in [0.05, 0.1) is 12.7 Å². The molecule has 0 saturated carbocycles. The highest BCUT2D eigenvalue weighted by atomic mass is 79.9. The van der Waals surface area contributed by atoms with Gasteiger partial charge in [0, 0.05) is 4.47 Å². The molecule has 2 aromatic carbocycles. The number of nitrogens with two attached hydrogens (primary N) is 1. The number of nitrogen functional groups attached to an aromatic ring is 1. The van der Waals surface area contributed by atoms with Crippen molar-refractivity contribution in [3.8, 4) is 11.5 Å². The number of ether oxygens (including phenoxy) is 2. The van der Waals surface area contributed by atoms with E-state index in [1.807, 2.05) is 37.3 Å². The molecule has 0 bridgehead atoms. The second kappa shape index (κ2) is 6.63. The fraction of sp³-hybridized carbons (Fsp3) is 0.188. The SMILES string of the molecule is COc1cc(COc2ccc(Br)cc2C)ccc1C(=N)N. The van der Waals surface area contributed by atoms with Crippen LogP contribution in [-0.2, 0) is 6.61 Å². The Hall–Kier alpha value is -2.01. The van der Waals surface area contributed by atoms with Crippen LogP contribution in [0.4, 0.5) is 0 Å². The van der Waals surface area contributed by atoms with E-state index in [4.69, 9.17) is 20.6 Å². The lowest BCUT2D eigenvalue weighted by Crippen LogP contribution is -2.12. The van der Waals surface area contributed by atoms with Gasteiger partial charge in [-0.25, -0.2) is 0 Å². The zero-order valence-corrected chi connectivity index (χ0v) is 13.5. The third kappa shape index (κ3) is 3.76. The van der Waals surface area contributed by atoms with Gasteiger partial charge in [-0.2, -0.15) is 0 Å². The van der Waals surface area contributed by atoms with Crippen molar-refractivity contribution in [3.63, 3.8) is 0 Å². The predicted molar refractivity (Wildman–Crippen MR) is 87.2 cm³/mol. The third-order valence-electron chi connectivity index (χ3n) is 3.09. The van der Waals surface area contributed by atoms with Crippen LogP contribution in [0, 0.1) is 12.3 Å². The summed E-state index contributed by atoms with van der Waals surface area (Å²) in [7, 11) is 1.56. The second-order valence-electron chi connectivity index (χ2n) is 4.65. The Balaban J connectivity index is 2.15. The lowest BCUT2D eigenvalue weighted by atomic mass is 10.1. The van der Waals surface area contributed by atoms with E-state index in [1.165, 1.54) is 0 Å². The minimum Gasteiger partial charge on any atom is -0.496 e. The Labute approximate surface area is 132 Å². The highest BCUT2D eigenvalue weighted by Crippen LogP contribution is 2.24. The molecule has 0 amide bonds. The van der Waals surface area contributed by atoms with Crippen LogP contribution >= 0.6 is 15.9 Å². The molecule has 0 aliphatic carbocycles. The molecule has 3 N–H and O–H groups in total. The van der Waals surface area contributed by atoms with E-state index in [-0.39, 0.29) is 5.84 Å². The summed E-state index contributed by atoms with van der Waals surface area (Å²) in [6, 6.07) is 11.4. The Morgan fingerprint density at radius 3 is 2.57 bits per heavy atom. The number of nitrogens with one attached hydrogen (secondary N) is 1. The van der Waals surface area contributed by atoms with Crippen molar-refractivity contribution >= 4 is 21.8 Å². The van der Waals surface area contributed by atoms with E-state index in [1.54, 1.807) is 13.2 Å². The van der Waals surface area contributed by atoms with Gasteiger partial charge < -0.3 is 15.2 Å². The predicted octanol–water partition coefficient (Wildman–Crippen LogP) is 3.63. The first kappa shape index (κ1) is 15.4. The maximum Gasteiger partial charge on any atom is 0.130 e. The zero-order chi connectivity index (χ0) is 15.4.